The topological polar surface area (TPSA) is 104 Å². The number of H-pyrrole nitrogens is 1. The molecule has 2 aromatic rings. The molecule has 0 spiro atoms. The van der Waals surface area contributed by atoms with Gasteiger partial charge in [-0.15, -0.1) is 11.3 Å². The second-order valence-electron chi connectivity index (χ2n) is 4.66. The average molecular weight is 328 g/mol. The lowest BCUT2D eigenvalue weighted by molar-refractivity contribution is 0.581. The van der Waals surface area contributed by atoms with Gasteiger partial charge in [-0.1, -0.05) is 13.8 Å². The lowest BCUT2D eigenvalue weighted by Gasteiger charge is -2.10. The van der Waals surface area contributed by atoms with Gasteiger partial charge in [-0.2, -0.15) is 5.10 Å². The van der Waals surface area contributed by atoms with Gasteiger partial charge in [0.1, 0.15) is 4.90 Å². The Kier molecular flexibility index (Phi) is 4.76. The van der Waals surface area contributed by atoms with Crippen molar-refractivity contribution in [1.82, 2.24) is 15.5 Å². The molecule has 114 valence electrons. The second-order valence-corrected chi connectivity index (χ2v) is 7.31. The fraction of sp³-hybridized carbons (Fsp3) is 0.333. The zero-order valence-corrected chi connectivity index (χ0v) is 13.2. The van der Waals surface area contributed by atoms with Crippen LogP contribution < -0.4 is 15.6 Å². The van der Waals surface area contributed by atoms with Crippen LogP contribution >= 0.6 is 11.3 Å². The van der Waals surface area contributed by atoms with Crippen LogP contribution in [0.15, 0.2) is 33.3 Å². The molecule has 0 aliphatic carbocycles. The molecule has 2 rings (SSSR count). The van der Waals surface area contributed by atoms with Crippen LogP contribution in [0.4, 0.5) is 5.82 Å². The molecule has 2 heterocycles. The van der Waals surface area contributed by atoms with Gasteiger partial charge >= 0.3 is 0 Å². The van der Waals surface area contributed by atoms with Gasteiger partial charge in [-0.05, 0) is 17.5 Å². The highest BCUT2D eigenvalue weighted by Crippen LogP contribution is 2.23. The Balaban J connectivity index is 2.21. The molecule has 0 saturated heterocycles. The van der Waals surface area contributed by atoms with Crippen molar-refractivity contribution >= 4 is 27.2 Å². The van der Waals surface area contributed by atoms with Crippen molar-refractivity contribution in [3.8, 4) is 0 Å². The first-order chi connectivity index (χ1) is 9.88. The zero-order chi connectivity index (χ0) is 15.5. The minimum absolute atomic E-state index is 0.0727. The highest BCUT2D eigenvalue weighted by atomic mass is 32.2. The largest absolute Gasteiger partial charge is 0.310 e. The fourth-order valence-corrected chi connectivity index (χ4v) is 3.98. The van der Waals surface area contributed by atoms with Crippen molar-refractivity contribution in [3.63, 3.8) is 0 Å². The maximum absolute atomic E-state index is 12.3. The predicted molar refractivity (Wildman–Crippen MR) is 82.0 cm³/mol. The van der Waals surface area contributed by atoms with E-state index in [1.54, 1.807) is 11.4 Å². The van der Waals surface area contributed by atoms with E-state index < -0.39 is 15.6 Å². The highest BCUT2D eigenvalue weighted by molar-refractivity contribution is 7.92. The van der Waals surface area contributed by atoms with Crippen LogP contribution in [0.2, 0.25) is 0 Å². The Morgan fingerprint density at radius 1 is 1.33 bits per heavy atom. The van der Waals surface area contributed by atoms with E-state index in [0.29, 0.717) is 6.54 Å². The number of sulfonamides is 1. The molecule has 21 heavy (non-hydrogen) atoms. The number of nitrogens with one attached hydrogen (secondary N) is 3. The van der Waals surface area contributed by atoms with Gasteiger partial charge in [0.25, 0.3) is 15.6 Å². The first-order valence-corrected chi connectivity index (χ1v) is 8.63. The third-order valence-corrected chi connectivity index (χ3v) is 5.07. The standard InChI is InChI=1S/C12H16N4O3S2/c1-8(2)13-7-9-10(5-6-20-9)21(18,19)16-11-3-4-12(17)15-14-11/h3-6,8,13H,7H2,1-2H3,(H,14,16)(H,15,17). The first-order valence-electron chi connectivity index (χ1n) is 6.27. The van der Waals surface area contributed by atoms with E-state index in [-0.39, 0.29) is 16.8 Å². The summed E-state index contributed by atoms with van der Waals surface area (Å²) in [6.07, 6.45) is 0. The Bertz CT molecular complexity index is 744. The number of aromatic nitrogens is 2. The molecular formula is C12H16N4O3S2. The molecule has 0 unspecified atom stereocenters. The van der Waals surface area contributed by atoms with Gasteiger partial charge in [-0.25, -0.2) is 13.5 Å². The monoisotopic (exact) mass is 328 g/mol. The molecule has 0 amide bonds. The zero-order valence-electron chi connectivity index (χ0n) is 11.6. The first kappa shape index (κ1) is 15.7. The lowest BCUT2D eigenvalue weighted by atomic mass is 10.4. The number of anilines is 1. The molecule has 2 aromatic heterocycles. The third-order valence-electron chi connectivity index (χ3n) is 2.58. The molecule has 7 nitrogen and oxygen atoms in total. The van der Waals surface area contributed by atoms with Gasteiger partial charge in [-0.3, -0.25) is 9.52 Å². The van der Waals surface area contributed by atoms with Crippen molar-refractivity contribution in [2.45, 2.75) is 31.3 Å². The molecule has 3 N–H and O–H groups in total. The molecule has 0 atom stereocenters. The van der Waals surface area contributed by atoms with E-state index in [0.717, 1.165) is 4.88 Å². The minimum Gasteiger partial charge on any atom is -0.310 e. The normalized spacial score (nSPS) is 11.8. The molecule has 0 aliphatic rings. The number of rotatable bonds is 6. The molecule has 9 heteroatoms. The molecule has 0 saturated carbocycles. The summed E-state index contributed by atoms with van der Waals surface area (Å²) >= 11 is 1.37. The summed E-state index contributed by atoms with van der Waals surface area (Å²) in [5, 5.41) is 10.7. The summed E-state index contributed by atoms with van der Waals surface area (Å²) in [5.41, 5.74) is -0.393. The van der Waals surface area contributed by atoms with Gasteiger partial charge in [0, 0.05) is 23.5 Å². The summed E-state index contributed by atoms with van der Waals surface area (Å²) in [5.74, 6) is 0.0727. The number of thiophene rings is 1. The Hall–Kier alpha value is -1.71. The van der Waals surface area contributed by atoms with Gasteiger partial charge in [0.05, 0.1) is 0 Å². The van der Waals surface area contributed by atoms with Crippen LogP contribution in [0.1, 0.15) is 18.7 Å². The van der Waals surface area contributed by atoms with Crippen LogP contribution in [-0.2, 0) is 16.6 Å². The van der Waals surface area contributed by atoms with Gasteiger partial charge in [0.15, 0.2) is 5.82 Å². The SMILES string of the molecule is CC(C)NCc1sccc1S(=O)(=O)Nc1ccc(=O)[nH]n1. The van der Waals surface area contributed by atoms with E-state index >= 15 is 0 Å². The van der Waals surface area contributed by atoms with Crippen LogP contribution in [0.25, 0.3) is 0 Å². The summed E-state index contributed by atoms with van der Waals surface area (Å²) in [6, 6.07) is 4.33. The van der Waals surface area contributed by atoms with E-state index in [4.69, 9.17) is 0 Å². The molecular weight excluding hydrogens is 312 g/mol. The minimum atomic E-state index is -3.73. The van der Waals surface area contributed by atoms with E-state index in [1.165, 1.54) is 23.5 Å². The molecule has 0 aromatic carbocycles. The Morgan fingerprint density at radius 2 is 2.10 bits per heavy atom. The fourth-order valence-electron chi connectivity index (χ4n) is 1.59. The smallest absolute Gasteiger partial charge is 0.264 e. The predicted octanol–water partition coefficient (Wildman–Crippen LogP) is 1.13. The number of nitrogens with zero attached hydrogens (tertiary/aromatic N) is 1. The van der Waals surface area contributed by atoms with Crippen molar-refractivity contribution in [2.75, 3.05) is 4.72 Å². The highest BCUT2D eigenvalue weighted by Gasteiger charge is 2.20. The van der Waals surface area contributed by atoms with Crippen LogP contribution in [-0.4, -0.2) is 24.7 Å². The summed E-state index contributed by atoms with van der Waals surface area (Å²) in [7, 11) is -3.73. The number of aromatic amines is 1. The van der Waals surface area contributed by atoms with Crippen LogP contribution in [0.3, 0.4) is 0 Å². The van der Waals surface area contributed by atoms with Crippen molar-refractivity contribution in [1.29, 1.82) is 0 Å². The van der Waals surface area contributed by atoms with E-state index in [9.17, 15) is 13.2 Å². The third kappa shape index (κ3) is 4.13. The Labute approximate surface area is 126 Å². The molecule has 0 aliphatic heterocycles. The number of hydrogen-bond acceptors (Lipinski definition) is 6. The van der Waals surface area contributed by atoms with Crippen molar-refractivity contribution in [2.24, 2.45) is 0 Å². The lowest BCUT2D eigenvalue weighted by Crippen LogP contribution is -2.23. The van der Waals surface area contributed by atoms with Gasteiger partial charge < -0.3 is 5.32 Å². The maximum Gasteiger partial charge on any atom is 0.264 e. The summed E-state index contributed by atoms with van der Waals surface area (Å²) in [6.45, 7) is 4.46. The second kappa shape index (κ2) is 6.37. The maximum atomic E-state index is 12.3. The summed E-state index contributed by atoms with van der Waals surface area (Å²) < 4.78 is 27.0. The Morgan fingerprint density at radius 3 is 2.71 bits per heavy atom. The number of hydrogen-bond donors (Lipinski definition) is 3. The molecule has 0 bridgehead atoms. The van der Waals surface area contributed by atoms with E-state index in [2.05, 4.69) is 20.2 Å². The molecule has 0 fully saturated rings. The van der Waals surface area contributed by atoms with Gasteiger partial charge in [0.2, 0.25) is 0 Å². The molecule has 0 radical (unpaired) electrons. The van der Waals surface area contributed by atoms with Crippen LogP contribution in [0, 0.1) is 0 Å². The van der Waals surface area contributed by atoms with Crippen molar-refractivity contribution < 1.29 is 8.42 Å². The van der Waals surface area contributed by atoms with Crippen molar-refractivity contribution in [3.05, 3.63) is 38.8 Å². The van der Waals surface area contributed by atoms with Crippen LogP contribution in [0.5, 0.6) is 0 Å². The average Bonchev–Trinajstić information content (AvgIpc) is 2.88. The van der Waals surface area contributed by atoms with E-state index in [1.807, 2.05) is 13.8 Å². The quantitative estimate of drug-likeness (QED) is 0.737. The summed E-state index contributed by atoms with van der Waals surface area (Å²) in [4.78, 5) is 11.9.